The molecule has 0 atom stereocenters. The number of aromatic nitrogens is 2. The van der Waals surface area contributed by atoms with Crippen molar-refractivity contribution in [1.82, 2.24) is 9.55 Å². The predicted molar refractivity (Wildman–Crippen MR) is 131 cm³/mol. The summed E-state index contributed by atoms with van der Waals surface area (Å²) < 4.78 is 24.8. The van der Waals surface area contributed by atoms with Gasteiger partial charge < -0.3 is 28.6 Å². The van der Waals surface area contributed by atoms with Crippen molar-refractivity contribution in [2.45, 2.75) is 26.1 Å². The van der Waals surface area contributed by atoms with Crippen molar-refractivity contribution in [2.75, 3.05) is 14.2 Å². The van der Waals surface area contributed by atoms with E-state index in [0.717, 1.165) is 39.5 Å². The molecular formula is C27H28N2O6. The van der Waals surface area contributed by atoms with E-state index < -0.39 is 5.97 Å². The summed E-state index contributed by atoms with van der Waals surface area (Å²) in [6.07, 6.45) is 0.359. The first-order chi connectivity index (χ1) is 17.0. The van der Waals surface area contributed by atoms with Crippen LogP contribution in [0.1, 0.15) is 23.4 Å². The number of benzene rings is 3. The third kappa shape index (κ3) is 5.66. The number of rotatable bonds is 11. The van der Waals surface area contributed by atoms with Crippen LogP contribution in [-0.2, 0) is 31.5 Å². The highest BCUT2D eigenvalue weighted by molar-refractivity contribution is 5.77. The second-order valence-corrected chi connectivity index (χ2v) is 7.99. The number of hydrogen-bond acceptors (Lipinski definition) is 6. The van der Waals surface area contributed by atoms with Gasteiger partial charge in [-0.2, -0.15) is 0 Å². The van der Waals surface area contributed by atoms with E-state index in [1.54, 1.807) is 20.3 Å². The van der Waals surface area contributed by atoms with Crippen LogP contribution < -0.4 is 18.9 Å². The highest BCUT2D eigenvalue weighted by atomic mass is 16.5. The van der Waals surface area contributed by atoms with E-state index in [4.69, 9.17) is 24.1 Å². The van der Waals surface area contributed by atoms with Gasteiger partial charge in [-0.1, -0.05) is 24.3 Å². The molecule has 0 unspecified atom stereocenters. The highest BCUT2D eigenvalue weighted by Gasteiger charge is 2.13. The molecule has 1 N–H and O–H groups in total. The Balaban J connectivity index is 1.53. The molecule has 0 bridgehead atoms. The van der Waals surface area contributed by atoms with E-state index in [0.29, 0.717) is 17.9 Å². The first-order valence-corrected chi connectivity index (χ1v) is 11.2. The molecule has 1 heterocycles. The highest BCUT2D eigenvalue weighted by Crippen LogP contribution is 2.29. The van der Waals surface area contributed by atoms with Crippen molar-refractivity contribution in [2.24, 2.45) is 7.05 Å². The number of nitrogens with zero attached hydrogens (tertiary/aromatic N) is 2. The van der Waals surface area contributed by atoms with Crippen LogP contribution in [0, 0.1) is 0 Å². The lowest BCUT2D eigenvalue weighted by atomic mass is 10.1. The molecular weight excluding hydrogens is 448 g/mol. The molecule has 4 aromatic rings. The standard InChI is InChI=1S/C27H28N2O6/c1-29-23-14-20(32-2)11-12-22(23)28-26(29)17-34-21-10-8-18(9-13-27(30)31)25(15-21)35-16-19-6-4-5-7-24(19)33-3/h4-8,10-12,14-15H,9,13,16-17H2,1-3H3,(H,30,31). The van der Waals surface area contributed by atoms with Crippen LogP contribution in [0.2, 0.25) is 0 Å². The molecule has 1 aromatic heterocycles. The Labute approximate surface area is 203 Å². The molecule has 0 fully saturated rings. The van der Waals surface area contributed by atoms with Crippen LogP contribution in [0.3, 0.4) is 0 Å². The van der Waals surface area contributed by atoms with Gasteiger partial charge in [0.15, 0.2) is 0 Å². The van der Waals surface area contributed by atoms with Gasteiger partial charge in [0.25, 0.3) is 0 Å². The lowest BCUT2D eigenvalue weighted by molar-refractivity contribution is -0.136. The summed E-state index contributed by atoms with van der Waals surface area (Å²) in [7, 11) is 5.18. The Hall–Kier alpha value is -4.20. The third-order valence-corrected chi connectivity index (χ3v) is 5.77. The third-order valence-electron chi connectivity index (χ3n) is 5.77. The largest absolute Gasteiger partial charge is 0.497 e. The van der Waals surface area contributed by atoms with Gasteiger partial charge in [0, 0.05) is 31.2 Å². The summed E-state index contributed by atoms with van der Waals surface area (Å²) in [6, 6.07) is 18.8. The normalized spacial score (nSPS) is 10.8. The molecule has 4 rings (SSSR count). The summed E-state index contributed by atoms with van der Waals surface area (Å²) in [5.74, 6) is 2.57. The van der Waals surface area contributed by atoms with E-state index in [1.165, 1.54) is 0 Å². The monoisotopic (exact) mass is 476 g/mol. The van der Waals surface area contributed by atoms with E-state index in [-0.39, 0.29) is 19.6 Å². The fourth-order valence-electron chi connectivity index (χ4n) is 3.81. The molecule has 8 heteroatoms. The number of methoxy groups -OCH3 is 2. The van der Waals surface area contributed by atoms with Crippen LogP contribution in [0.4, 0.5) is 0 Å². The number of hydrogen-bond donors (Lipinski definition) is 1. The zero-order valence-electron chi connectivity index (χ0n) is 20.0. The molecule has 0 aliphatic carbocycles. The van der Waals surface area contributed by atoms with E-state index in [9.17, 15) is 4.79 Å². The average molecular weight is 477 g/mol. The number of carboxylic acid groups (broad SMARTS) is 1. The second kappa shape index (κ2) is 10.8. The summed E-state index contributed by atoms with van der Waals surface area (Å²) in [4.78, 5) is 15.8. The maximum atomic E-state index is 11.1. The van der Waals surface area contributed by atoms with Gasteiger partial charge in [-0.15, -0.1) is 0 Å². The molecule has 35 heavy (non-hydrogen) atoms. The number of fused-ring (bicyclic) bond motifs is 1. The molecule has 0 aliphatic rings. The van der Waals surface area contributed by atoms with Crippen molar-refractivity contribution in [3.63, 3.8) is 0 Å². The lowest BCUT2D eigenvalue weighted by Crippen LogP contribution is -2.05. The number of aryl methyl sites for hydroxylation is 2. The maximum absolute atomic E-state index is 11.1. The molecule has 0 saturated heterocycles. The topological polar surface area (TPSA) is 92.0 Å². The second-order valence-electron chi connectivity index (χ2n) is 7.99. The number of carboxylic acids is 1. The Kier molecular flexibility index (Phi) is 7.40. The summed E-state index contributed by atoms with van der Waals surface area (Å²) >= 11 is 0. The zero-order valence-corrected chi connectivity index (χ0v) is 20.0. The number of para-hydroxylation sites is 1. The number of ether oxygens (including phenoxy) is 4. The van der Waals surface area contributed by atoms with Gasteiger partial charge >= 0.3 is 5.97 Å². The lowest BCUT2D eigenvalue weighted by Gasteiger charge is -2.15. The average Bonchev–Trinajstić information content (AvgIpc) is 3.20. The molecule has 0 saturated carbocycles. The molecule has 182 valence electrons. The predicted octanol–water partition coefficient (Wildman–Crippen LogP) is 4.77. The number of aliphatic carboxylic acids is 1. The van der Waals surface area contributed by atoms with Gasteiger partial charge in [0.1, 0.15) is 42.0 Å². The molecule has 0 radical (unpaired) electrons. The fourth-order valence-corrected chi connectivity index (χ4v) is 3.81. The minimum atomic E-state index is -0.862. The van der Waals surface area contributed by atoms with E-state index in [2.05, 4.69) is 4.98 Å². The van der Waals surface area contributed by atoms with Crippen LogP contribution >= 0.6 is 0 Å². The van der Waals surface area contributed by atoms with Gasteiger partial charge in [-0.25, -0.2) is 4.98 Å². The van der Waals surface area contributed by atoms with Crippen molar-refractivity contribution in [3.8, 4) is 23.0 Å². The zero-order chi connectivity index (χ0) is 24.8. The van der Waals surface area contributed by atoms with Crippen LogP contribution in [-0.4, -0.2) is 34.8 Å². The summed E-state index contributed by atoms with van der Waals surface area (Å²) in [6.45, 7) is 0.536. The first kappa shape index (κ1) is 23.9. The van der Waals surface area contributed by atoms with Gasteiger partial charge in [0.2, 0.25) is 0 Å². The maximum Gasteiger partial charge on any atom is 0.303 e. The fraction of sp³-hybridized carbons (Fsp3) is 0.259. The smallest absolute Gasteiger partial charge is 0.303 e. The van der Waals surface area contributed by atoms with E-state index in [1.807, 2.05) is 66.2 Å². The molecule has 8 nitrogen and oxygen atoms in total. The summed E-state index contributed by atoms with van der Waals surface area (Å²) in [5, 5.41) is 9.13. The molecule has 0 spiro atoms. The van der Waals surface area contributed by atoms with Crippen LogP contribution in [0.15, 0.2) is 60.7 Å². The number of carbonyl (C=O) groups is 1. The van der Waals surface area contributed by atoms with Crippen LogP contribution in [0.5, 0.6) is 23.0 Å². The minimum absolute atomic E-state index is 0.00848. The van der Waals surface area contributed by atoms with Crippen molar-refractivity contribution in [3.05, 3.63) is 77.6 Å². The van der Waals surface area contributed by atoms with Crippen molar-refractivity contribution < 1.29 is 28.8 Å². The van der Waals surface area contributed by atoms with Gasteiger partial charge in [-0.3, -0.25) is 4.79 Å². The SMILES string of the molecule is COc1ccc2nc(COc3ccc(CCC(=O)O)c(OCc4ccccc4OC)c3)n(C)c2c1. The number of imidazole rings is 1. The summed E-state index contributed by atoms with van der Waals surface area (Å²) in [5.41, 5.74) is 3.50. The van der Waals surface area contributed by atoms with Crippen LogP contribution in [0.25, 0.3) is 11.0 Å². The minimum Gasteiger partial charge on any atom is -0.497 e. The van der Waals surface area contributed by atoms with E-state index >= 15 is 0 Å². The van der Waals surface area contributed by atoms with Gasteiger partial charge in [0.05, 0.1) is 25.3 Å². The Morgan fingerprint density at radius 2 is 1.69 bits per heavy atom. The Morgan fingerprint density at radius 1 is 0.886 bits per heavy atom. The molecule has 0 amide bonds. The van der Waals surface area contributed by atoms with Crippen molar-refractivity contribution in [1.29, 1.82) is 0 Å². The van der Waals surface area contributed by atoms with Gasteiger partial charge in [-0.05, 0) is 36.2 Å². The van der Waals surface area contributed by atoms with Crippen molar-refractivity contribution >= 4 is 17.0 Å². The quantitative estimate of drug-likeness (QED) is 0.333. The molecule has 3 aromatic carbocycles. The Bertz CT molecular complexity index is 1330. The Morgan fingerprint density at radius 3 is 2.46 bits per heavy atom. The molecule has 0 aliphatic heterocycles. The first-order valence-electron chi connectivity index (χ1n) is 11.2.